The van der Waals surface area contributed by atoms with E-state index < -0.39 is 5.91 Å². The van der Waals surface area contributed by atoms with E-state index in [1.165, 1.54) is 44.9 Å². The molecule has 1 amide bonds. The summed E-state index contributed by atoms with van der Waals surface area (Å²) in [4.78, 5) is 14.9. The van der Waals surface area contributed by atoms with E-state index in [1.807, 2.05) is 6.07 Å². The molecule has 0 saturated carbocycles. The van der Waals surface area contributed by atoms with E-state index in [0.29, 0.717) is 5.69 Å². The zero-order valence-electron chi connectivity index (χ0n) is 11.3. The Kier molecular flexibility index (Phi) is 7.07. The summed E-state index contributed by atoms with van der Waals surface area (Å²) in [5, 5.41) is 0. The van der Waals surface area contributed by atoms with Gasteiger partial charge in [-0.1, -0.05) is 45.4 Å². The van der Waals surface area contributed by atoms with Crippen LogP contribution in [0.4, 0.5) is 0 Å². The number of primary amides is 1. The number of nitrogens with zero attached hydrogens (tertiary/aromatic N) is 1. The van der Waals surface area contributed by atoms with Gasteiger partial charge in [0.1, 0.15) is 5.69 Å². The SMILES string of the molecule is CCCCCCCCCc1ccnc(C(N)=O)c1. The number of hydrogen-bond donors (Lipinski definition) is 1. The first-order valence-corrected chi connectivity index (χ1v) is 6.98. The van der Waals surface area contributed by atoms with Crippen molar-refractivity contribution >= 4 is 5.91 Å². The van der Waals surface area contributed by atoms with Crippen molar-refractivity contribution in [1.82, 2.24) is 4.98 Å². The predicted octanol–water partition coefficient (Wildman–Crippen LogP) is 3.47. The summed E-state index contributed by atoms with van der Waals surface area (Å²) >= 11 is 0. The smallest absolute Gasteiger partial charge is 0.267 e. The topological polar surface area (TPSA) is 56.0 Å². The molecule has 3 heteroatoms. The van der Waals surface area contributed by atoms with Gasteiger partial charge < -0.3 is 5.73 Å². The molecule has 1 aromatic heterocycles. The number of aromatic nitrogens is 1. The molecule has 0 aromatic carbocycles. The van der Waals surface area contributed by atoms with Crippen LogP contribution in [-0.2, 0) is 6.42 Å². The van der Waals surface area contributed by atoms with Crippen molar-refractivity contribution in [1.29, 1.82) is 0 Å². The van der Waals surface area contributed by atoms with Gasteiger partial charge in [-0.15, -0.1) is 0 Å². The van der Waals surface area contributed by atoms with Crippen LogP contribution in [0.15, 0.2) is 18.3 Å². The van der Waals surface area contributed by atoms with Crippen LogP contribution >= 0.6 is 0 Å². The van der Waals surface area contributed by atoms with Crippen LogP contribution in [0, 0.1) is 0 Å². The molecule has 3 nitrogen and oxygen atoms in total. The molecule has 1 rings (SSSR count). The second-order valence-electron chi connectivity index (χ2n) is 4.78. The molecule has 1 aromatic rings. The fourth-order valence-electron chi connectivity index (χ4n) is 2.05. The largest absolute Gasteiger partial charge is 0.364 e. The minimum atomic E-state index is -0.448. The molecule has 0 saturated heterocycles. The van der Waals surface area contributed by atoms with E-state index in [1.54, 1.807) is 12.3 Å². The second-order valence-corrected chi connectivity index (χ2v) is 4.78. The van der Waals surface area contributed by atoms with E-state index >= 15 is 0 Å². The van der Waals surface area contributed by atoms with Gasteiger partial charge in [0.15, 0.2) is 0 Å². The molecular weight excluding hydrogens is 224 g/mol. The van der Waals surface area contributed by atoms with Gasteiger partial charge in [-0.05, 0) is 30.5 Å². The number of carbonyl (C=O) groups excluding carboxylic acids is 1. The van der Waals surface area contributed by atoms with Crippen LogP contribution in [-0.4, -0.2) is 10.9 Å². The number of carbonyl (C=O) groups is 1. The molecule has 0 bridgehead atoms. The predicted molar refractivity (Wildman–Crippen MR) is 74.5 cm³/mol. The maximum absolute atomic E-state index is 11.0. The van der Waals surface area contributed by atoms with Crippen LogP contribution in [0.1, 0.15) is 67.9 Å². The summed E-state index contributed by atoms with van der Waals surface area (Å²) in [5.41, 5.74) is 6.73. The highest BCUT2D eigenvalue weighted by Crippen LogP contribution is 2.11. The first kappa shape index (κ1) is 14.7. The standard InChI is InChI=1S/C15H24N2O/c1-2-3-4-5-6-7-8-9-13-10-11-17-14(12-13)15(16)18/h10-12H,2-9H2,1H3,(H2,16,18). The molecule has 0 spiro atoms. The molecule has 1 heterocycles. The summed E-state index contributed by atoms with van der Waals surface area (Å²) in [5.74, 6) is -0.448. The molecule has 0 radical (unpaired) electrons. The molecule has 0 aliphatic carbocycles. The average molecular weight is 248 g/mol. The quantitative estimate of drug-likeness (QED) is 0.680. The van der Waals surface area contributed by atoms with Crippen molar-refractivity contribution in [3.63, 3.8) is 0 Å². The van der Waals surface area contributed by atoms with Gasteiger partial charge in [0, 0.05) is 6.20 Å². The highest BCUT2D eigenvalue weighted by atomic mass is 16.1. The zero-order valence-corrected chi connectivity index (χ0v) is 11.3. The van der Waals surface area contributed by atoms with Crippen LogP contribution in [0.2, 0.25) is 0 Å². The lowest BCUT2D eigenvalue weighted by atomic mass is 10.0. The number of hydrogen-bond acceptors (Lipinski definition) is 2. The second kappa shape index (κ2) is 8.67. The van der Waals surface area contributed by atoms with Crippen molar-refractivity contribution in [2.75, 3.05) is 0 Å². The van der Waals surface area contributed by atoms with Crippen molar-refractivity contribution in [3.05, 3.63) is 29.6 Å². The van der Waals surface area contributed by atoms with E-state index in [9.17, 15) is 4.79 Å². The fraction of sp³-hybridized carbons (Fsp3) is 0.600. The van der Waals surface area contributed by atoms with Gasteiger partial charge in [-0.3, -0.25) is 9.78 Å². The average Bonchev–Trinajstić information content (AvgIpc) is 2.38. The lowest BCUT2D eigenvalue weighted by molar-refractivity contribution is 0.0995. The van der Waals surface area contributed by atoms with Crippen LogP contribution in [0.25, 0.3) is 0 Å². The number of nitrogens with two attached hydrogens (primary N) is 1. The van der Waals surface area contributed by atoms with Crippen LogP contribution in [0.5, 0.6) is 0 Å². The molecule has 100 valence electrons. The summed E-state index contributed by atoms with van der Waals surface area (Å²) < 4.78 is 0. The Morgan fingerprint density at radius 3 is 2.50 bits per heavy atom. The Balaban J connectivity index is 2.19. The number of pyridine rings is 1. The summed E-state index contributed by atoms with van der Waals surface area (Å²) in [6.07, 6.45) is 11.8. The lowest BCUT2D eigenvalue weighted by Gasteiger charge is -2.03. The molecule has 0 atom stereocenters. The highest BCUT2D eigenvalue weighted by molar-refractivity contribution is 5.90. The van der Waals surface area contributed by atoms with E-state index in [2.05, 4.69) is 11.9 Å². The fourth-order valence-corrected chi connectivity index (χ4v) is 2.05. The molecule has 0 fully saturated rings. The summed E-state index contributed by atoms with van der Waals surface area (Å²) in [6.45, 7) is 2.24. The Morgan fingerprint density at radius 1 is 1.17 bits per heavy atom. The van der Waals surface area contributed by atoms with Crippen molar-refractivity contribution in [2.24, 2.45) is 5.73 Å². The highest BCUT2D eigenvalue weighted by Gasteiger charge is 2.02. The number of aryl methyl sites for hydroxylation is 1. The van der Waals surface area contributed by atoms with Gasteiger partial charge in [-0.25, -0.2) is 0 Å². The Bertz CT molecular complexity index is 363. The minimum Gasteiger partial charge on any atom is -0.364 e. The molecule has 0 unspecified atom stereocenters. The molecular formula is C15H24N2O. The Labute approximate surface area is 110 Å². The normalized spacial score (nSPS) is 10.5. The van der Waals surface area contributed by atoms with Crippen molar-refractivity contribution in [2.45, 2.75) is 58.3 Å². The van der Waals surface area contributed by atoms with Crippen LogP contribution < -0.4 is 5.73 Å². The number of unbranched alkanes of at least 4 members (excludes halogenated alkanes) is 6. The van der Waals surface area contributed by atoms with E-state index in [-0.39, 0.29) is 0 Å². The van der Waals surface area contributed by atoms with E-state index in [4.69, 9.17) is 5.73 Å². The summed E-state index contributed by atoms with van der Waals surface area (Å²) in [6, 6.07) is 3.77. The maximum atomic E-state index is 11.0. The first-order valence-electron chi connectivity index (χ1n) is 6.98. The van der Waals surface area contributed by atoms with Crippen molar-refractivity contribution < 1.29 is 4.79 Å². The van der Waals surface area contributed by atoms with Gasteiger partial charge in [0.05, 0.1) is 0 Å². The third-order valence-electron chi connectivity index (χ3n) is 3.15. The summed E-state index contributed by atoms with van der Waals surface area (Å²) in [7, 11) is 0. The monoisotopic (exact) mass is 248 g/mol. The van der Waals surface area contributed by atoms with Crippen LogP contribution in [0.3, 0.4) is 0 Å². The minimum absolute atomic E-state index is 0.371. The molecule has 0 aliphatic heterocycles. The molecule has 2 N–H and O–H groups in total. The third kappa shape index (κ3) is 5.80. The van der Waals surface area contributed by atoms with Gasteiger partial charge in [0.2, 0.25) is 0 Å². The molecule has 18 heavy (non-hydrogen) atoms. The van der Waals surface area contributed by atoms with Gasteiger partial charge in [-0.2, -0.15) is 0 Å². The number of amides is 1. The Hall–Kier alpha value is -1.38. The lowest BCUT2D eigenvalue weighted by Crippen LogP contribution is -2.13. The number of rotatable bonds is 9. The maximum Gasteiger partial charge on any atom is 0.267 e. The van der Waals surface area contributed by atoms with Gasteiger partial charge >= 0.3 is 0 Å². The van der Waals surface area contributed by atoms with Crippen molar-refractivity contribution in [3.8, 4) is 0 Å². The molecule has 0 aliphatic rings. The third-order valence-corrected chi connectivity index (χ3v) is 3.15. The Morgan fingerprint density at radius 2 is 1.83 bits per heavy atom. The van der Waals surface area contributed by atoms with Gasteiger partial charge in [0.25, 0.3) is 5.91 Å². The zero-order chi connectivity index (χ0) is 13.2. The van der Waals surface area contributed by atoms with E-state index in [0.717, 1.165) is 12.0 Å². The first-order chi connectivity index (χ1) is 8.74.